The highest BCUT2D eigenvalue weighted by molar-refractivity contribution is 6.15. The Morgan fingerprint density at radius 3 is 1.55 bits per heavy atom. The average molecular weight is 961 g/mol. The third-order valence-electron chi connectivity index (χ3n) is 15.1. The predicted molar refractivity (Wildman–Crippen MR) is 307 cm³/mol. The predicted octanol–water partition coefficient (Wildman–Crippen LogP) is 18.1. The van der Waals surface area contributed by atoms with E-state index < -0.39 is 0 Å². The molecule has 0 fully saturated rings. The first-order valence-corrected chi connectivity index (χ1v) is 25.5. The molecular formula is C69H44N4O2. The van der Waals surface area contributed by atoms with Crippen molar-refractivity contribution < 1.29 is 8.83 Å². The first kappa shape index (κ1) is 42.7. The highest BCUT2D eigenvalue weighted by Gasteiger charge is 2.32. The molecule has 352 valence electrons. The van der Waals surface area contributed by atoms with Crippen molar-refractivity contribution in [1.29, 1.82) is 0 Å². The zero-order valence-electron chi connectivity index (χ0n) is 40.6. The summed E-state index contributed by atoms with van der Waals surface area (Å²) < 4.78 is 15.7. The minimum atomic E-state index is -0.128. The smallest absolute Gasteiger partial charge is 0.167 e. The molecule has 1 aliphatic rings. The molecule has 0 amide bonds. The van der Waals surface area contributed by atoms with E-state index in [9.17, 15) is 0 Å². The summed E-state index contributed by atoms with van der Waals surface area (Å²) in [6.07, 6.45) is 2.95. The van der Waals surface area contributed by atoms with Crippen LogP contribution in [0.4, 0.5) is 0 Å². The number of aromatic nitrogens is 4. The van der Waals surface area contributed by atoms with Gasteiger partial charge in [0.2, 0.25) is 0 Å². The van der Waals surface area contributed by atoms with E-state index in [1.165, 1.54) is 44.3 Å². The summed E-state index contributed by atoms with van der Waals surface area (Å²) in [4.78, 5) is 16.3. The third-order valence-corrected chi connectivity index (χ3v) is 15.1. The highest BCUT2D eigenvalue weighted by Crippen LogP contribution is 2.50. The van der Waals surface area contributed by atoms with Crippen LogP contribution in [0.1, 0.15) is 29.3 Å². The van der Waals surface area contributed by atoms with Gasteiger partial charge in [0.15, 0.2) is 17.5 Å². The van der Waals surface area contributed by atoms with Gasteiger partial charge in [0.05, 0.1) is 16.6 Å². The summed E-state index contributed by atoms with van der Waals surface area (Å²) in [6.45, 7) is 0. The van der Waals surface area contributed by atoms with E-state index >= 15 is 0 Å². The molecule has 0 saturated carbocycles. The maximum absolute atomic E-state index is 6.66. The van der Waals surface area contributed by atoms with Gasteiger partial charge in [0.1, 0.15) is 22.3 Å². The van der Waals surface area contributed by atoms with Gasteiger partial charge >= 0.3 is 0 Å². The van der Waals surface area contributed by atoms with Crippen LogP contribution >= 0.6 is 0 Å². The Hall–Kier alpha value is -9.91. The Bertz CT molecular complexity index is 4510. The largest absolute Gasteiger partial charge is 0.456 e. The van der Waals surface area contributed by atoms with Crippen molar-refractivity contribution in [1.82, 2.24) is 19.5 Å². The Morgan fingerprint density at radius 1 is 0.360 bits per heavy atom. The van der Waals surface area contributed by atoms with Crippen molar-refractivity contribution in [3.8, 4) is 45.0 Å². The second-order valence-corrected chi connectivity index (χ2v) is 19.4. The van der Waals surface area contributed by atoms with Gasteiger partial charge in [-0.25, -0.2) is 15.0 Å². The normalized spacial score (nSPS) is 14.0. The first-order valence-electron chi connectivity index (χ1n) is 25.5. The lowest BCUT2D eigenvalue weighted by Crippen LogP contribution is -2.16. The van der Waals surface area contributed by atoms with Crippen molar-refractivity contribution in [3.05, 3.63) is 266 Å². The molecule has 75 heavy (non-hydrogen) atoms. The first-order chi connectivity index (χ1) is 37.2. The second-order valence-electron chi connectivity index (χ2n) is 19.4. The molecule has 0 spiro atoms. The maximum atomic E-state index is 6.66. The molecule has 0 saturated heterocycles. The molecule has 4 heterocycles. The Balaban J connectivity index is 1.01. The molecule has 0 bridgehead atoms. The van der Waals surface area contributed by atoms with Gasteiger partial charge in [-0.3, -0.25) is 0 Å². The Labute approximate surface area is 431 Å². The van der Waals surface area contributed by atoms with Gasteiger partial charge in [-0.2, -0.15) is 0 Å². The molecule has 0 radical (unpaired) electrons. The summed E-state index contributed by atoms with van der Waals surface area (Å²) in [7, 11) is 0. The molecule has 1 aliphatic carbocycles. The number of furan rings is 2. The monoisotopic (exact) mass is 960 g/mol. The molecular weight excluding hydrogens is 917 g/mol. The third kappa shape index (κ3) is 7.21. The molecule has 15 rings (SSSR count). The number of fused-ring (bicyclic) bond motifs is 9. The molecule has 0 N–H and O–H groups in total. The number of allylic oxidation sites excluding steroid dienone is 4. The van der Waals surface area contributed by atoms with Gasteiger partial charge in [0.25, 0.3) is 0 Å². The number of nitrogens with zero attached hydrogens (tertiary/aromatic N) is 4. The van der Waals surface area contributed by atoms with E-state index in [1.807, 2.05) is 36.4 Å². The molecule has 4 aromatic heterocycles. The Morgan fingerprint density at radius 2 is 0.880 bits per heavy atom. The zero-order valence-corrected chi connectivity index (χ0v) is 40.6. The summed E-state index contributed by atoms with van der Waals surface area (Å²) in [5, 5.41) is 6.55. The zero-order chi connectivity index (χ0) is 49.4. The number of para-hydroxylation sites is 3. The minimum absolute atomic E-state index is 0.128. The Kier molecular flexibility index (Phi) is 9.91. The van der Waals surface area contributed by atoms with Crippen LogP contribution in [0.3, 0.4) is 0 Å². The highest BCUT2D eigenvalue weighted by atomic mass is 16.3. The summed E-state index contributed by atoms with van der Waals surface area (Å²) in [6, 6.07) is 85.9. The fraction of sp³-hybridized carbons (Fsp3) is 0.0290. The van der Waals surface area contributed by atoms with E-state index in [0.29, 0.717) is 23.9 Å². The topological polar surface area (TPSA) is 69.9 Å². The van der Waals surface area contributed by atoms with Gasteiger partial charge in [-0.05, 0) is 106 Å². The number of rotatable bonds is 8. The van der Waals surface area contributed by atoms with Crippen LogP contribution in [0.5, 0.6) is 0 Å². The fourth-order valence-corrected chi connectivity index (χ4v) is 11.5. The van der Waals surface area contributed by atoms with Crippen LogP contribution in [-0.4, -0.2) is 19.5 Å². The van der Waals surface area contributed by atoms with Gasteiger partial charge in [-0.1, -0.05) is 188 Å². The van der Waals surface area contributed by atoms with E-state index in [1.54, 1.807) is 0 Å². The van der Waals surface area contributed by atoms with E-state index in [4.69, 9.17) is 23.8 Å². The van der Waals surface area contributed by atoms with Gasteiger partial charge in [-0.15, -0.1) is 0 Å². The lowest BCUT2D eigenvalue weighted by molar-refractivity contribution is 0.668. The quantitative estimate of drug-likeness (QED) is 0.152. The van der Waals surface area contributed by atoms with Gasteiger partial charge in [0, 0.05) is 55.1 Å². The van der Waals surface area contributed by atoms with Crippen molar-refractivity contribution in [2.24, 2.45) is 0 Å². The van der Waals surface area contributed by atoms with Crippen molar-refractivity contribution in [2.45, 2.75) is 12.3 Å². The molecule has 0 aliphatic heterocycles. The van der Waals surface area contributed by atoms with Crippen LogP contribution in [0.15, 0.2) is 258 Å². The van der Waals surface area contributed by atoms with Gasteiger partial charge < -0.3 is 13.4 Å². The minimum Gasteiger partial charge on any atom is -0.456 e. The number of benzene rings is 10. The molecule has 10 aromatic carbocycles. The lowest BCUT2D eigenvalue weighted by Gasteiger charge is -2.31. The van der Waals surface area contributed by atoms with Crippen LogP contribution in [0.25, 0.3) is 128 Å². The lowest BCUT2D eigenvalue weighted by atomic mass is 9.80. The summed E-state index contributed by atoms with van der Waals surface area (Å²) >= 11 is 0. The number of hydrogen-bond donors (Lipinski definition) is 0. The molecule has 6 nitrogen and oxygen atoms in total. The van der Waals surface area contributed by atoms with Crippen LogP contribution in [0.2, 0.25) is 0 Å². The maximum Gasteiger partial charge on any atom is 0.167 e. The van der Waals surface area contributed by atoms with Crippen molar-refractivity contribution in [2.75, 3.05) is 0 Å². The fourth-order valence-electron chi connectivity index (χ4n) is 11.5. The molecule has 1 atom stereocenters. The molecule has 1 unspecified atom stereocenters. The van der Waals surface area contributed by atoms with Crippen molar-refractivity contribution in [3.63, 3.8) is 0 Å². The van der Waals surface area contributed by atoms with Crippen LogP contribution in [0, 0.1) is 0 Å². The second kappa shape index (κ2) is 17.4. The van der Waals surface area contributed by atoms with E-state index in [2.05, 4.69) is 217 Å². The SMILES string of the molecule is C1=C(c2nc(-c3ccc4c(c3)oc3ccccc34)nc(-c3cccc4c3oc3ccccc34)n2)CC(c2ccccc2)C(n2c3ccc(-c4ccccc4)cc3c3cc(-c4ccccc4)ccc32)=C1c1ccccc1. The molecule has 6 heteroatoms. The van der Waals surface area contributed by atoms with Crippen molar-refractivity contribution >= 4 is 82.5 Å². The summed E-state index contributed by atoms with van der Waals surface area (Å²) in [5.41, 5.74) is 17.3. The van der Waals surface area contributed by atoms with E-state index in [0.717, 1.165) is 82.7 Å². The van der Waals surface area contributed by atoms with Crippen LogP contribution < -0.4 is 0 Å². The molecule has 14 aromatic rings. The standard InChI is InChI=1S/C69H44N4O2/c1-5-18-43(19-6-1)47-33-36-60-58(38-47)59-39-48(44-20-7-2-8-21-44)34-37-61(59)73(60)65-56(45-22-9-3-10-23-45)40-50(41-57(65)46-24-11-4-12-25-46)68-70-67(49-32-35-53-51-26-13-15-30-62(51)74-64(53)42-49)71-69(72-68)55-29-17-28-54-52-27-14-16-31-63(52)75-66(54)55/h1-40,42,57H,41H2. The van der Waals surface area contributed by atoms with Crippen LogP contribution in [-0.2, 0) is 0 Å². The average Bonchev–Trinajstić information content (AvgIpc) is 4.21. The summed E-state index contributed by atoms with van der Waals surface area (Å²) in [5.74, 6) is 1.55. The van der Waals surface area contributed by atoms with E-state index in [-0.39, 0.29) is 5.92 Å². The number of hydrogen-bond acceptors (Lipinski definition) is 5.